The average Bonchev–Trinajstić information content (AvgIpc) is 3.33. The first-order chi connectivity index (χ1) is 13.7. The van der Waals surface area contributed by atoms with E-state index in [0.29, 0.717) is 5.71 Å². The Balaban J connectivity index is 1.70. The van der Waals surface area contributed by atoms with Gasteiger partial charge in [0, 0.05) is 29.9 Å². The predicted octanol–water partition coefficient (Wildman–Crippen LogP) is 5.10. The van der Waals surface area contributed by atoms with Crippen LogP contribution in [0.3, 0.4) is 0 Å². The third kappa shape index (κ3) is 2.75. The van der Waals surface area contributed by atoms with Crippen molar-refractivity contribution in [2.24, 2.45) is 7.05 Å². The minimum atomic E-state index is -0.284. The number of fused-ring (bicyclic) bond motifs is 1. The Bertz CT molecular complexity index is 1270. The molecule has 28 heavy (non-hydrogen) atoms. The van der Waals surface area contributed by atoms with Crippen molar-refractivity contribution in [2.75, 3.05) is 0 Å². The lowest BCUT2D eigenvalue weighted by atomic mass is 10.0. The van der Waals surface area contributed by atoms with Crippen LogP contribution in [0.15, 0.2) is 77.6 Å². The Morgan fingerprint density at radius 2 is 1.68 bits per heavy atom. The Morgan fingerprint density at radius 3 is 2.46 bits per heavy atom. The van der Waals surface area contributed by atoms with Crippen molar-refractivity contribution in [3.63, 3.8) is 0 Å². The molecule has 0 spiro atoms. The van der Waals surface area contributed by atoms with Gasteiger partial charge in [0.2, 0.25) is 5.71 Å². The van der Waals surface area contributed by atoms with Crippen LogP contribution in [0.5, 0.6) is 0 Å². The number of hydrogen-bond acceptors (Lipinski definition) is 4. The van der Waals surface area contributed by atoms with Crippen molar-refractivity contribution in [1.82, 2.24) is 19.7 Å². The van der Waals surface area contributed by atoms with Crippen LogP contribution in [0, 0.1) is 5.82 Å². The zero-order valence-electron chi connectivity index (χ0n) is 15.0. The maximum absolute atomic E-state index is 13.3. The minimum absolute atomic E-state index is 0.284. The molecule has 0 bridgehead atoms. The normalized spacial score (nSPS) is 11.2. The van der Waals surface area contributed by atoms with Gasteiger partial charge in [0.1, 0.15) is 23.6 Å². The second-order valence-electron chi connectivity index (χ2n) is 6.49. The van der Waals surface area contributed by atoms with Gasteiger partial charge >= 0.3 is 0 Å². The standard InChI is InChI=1S/C22H15FN4O/c1-27-12-18(20(26-27)15-7-9-16(23)10-8-15)21-17-11-19(14-5-3-2-4-6-14)28-22(17)25-13-24-21/h2-13H,1H3. The van der Waals surface area contributed by atoms with Gasteiger partial charge in [-0.3, -0.25) is 4.68 Å². The van der Waals surface area contributed by atoms with E-state index in [4.69, 9.17) is 4.42 Å². The van der Waals surface area contributed by atoms with E-state index in [1.165, 1.54) is 18.5 Å². The molecule has 5 nitrogen and oxygen atoms in total. The summed E-state index contributed by atoms with van der Waals surface area (Å²) in [6.07, 6.45) is 3.38. The summed E-state index contributed by atoms with van der Waals surface area (Å²) < 4.78 is 21.0. The molecule has 0 atom stereocenters. The van der Waals surface area contributed by atoms with Gasteiger partial charge in [-0.2, -0.15) is 5.10 Å². The van der Waals surface area contributed by atoms with Crippen LogP contribution in [-0.2, 0) is 7.05 Å². The molecule has 0 N–H and O–H groups in total. The molecular formula is C22H15FN4O. The van der Waals surface area contributed by atoms with Crippen molar-refractivity contribution in [3.8, 4) is 33.8 Å². The largest absolute Gasteiger partial charge is 0.438 e. The number of nitrogens with zero attached hydrogens (tertiary/aromatic N) is 4. The smallest absolute Gasteiger partial charge is 0.230 e. The molecule has 2 aromatic carbocycles. The lowest BCUT2D eigenvalue weighted by molar-refractivity contribution is 0.617. The summed E-state index contributed by atoms with van der Waals surface area (Å²) in [5.74, 6) is 0.442. The van der Waals surface area contributed by atoms with Crippen molar-refractivity contribution < 1.29 is 8.81 Å². The maximum atomic E-state index is 13.3. The Kier molecular flexibility index (Phi) is 3.76. The number of benzene rings is 2. The molecule has 0 fully saturated rings. The topological polar surface area (TPSA) is 56.7 Å². The summed E-state index contributed by atoms with van der Waals surface area (Å²) in [4.78, 5) is 8.78. The monoisotopic (exact) mass is 370 g/mol. The molecule has 0 amide bonds. The molecule has 136 valence electrons. The van der Waals surface area contributed by atoms with E-state index in [2.05, 4.69) is 15.1 Å². The lowest BCUT2D eigenvalue weighted by Gasteiger charge is -2.03. The SMILES string of the molecule is Cn1cc(-c2ncnc3oc(-c4ccccc4)cc23)c(-c2ccc(F)cc2)n1. The van der Waals surface area contributed by atoms with Crippen LogP contribution < -0.4 is 0 Å². The van der Waals surface area contributed by atoms with Gasteiger partial charge in [0.25, 0.3) is 0 Å². The number of rotatable bonds is 3. The van der Waals surface area contributed by atoms with Crippen LogP contribution in [0.25, 0.3) is 44.9 Å². The first kappa shape index (κ1) is 16.4. The molecule has 6 heteroatoms. The van der Waals surface area contributed by atoms with Crippen molar-refractivity contribution in [1.29, 1.82) is 0 Å². The zero-order chi connectivity index (χ0) is 19.1. The second kappa shape index (κ2) is 6.42. The van der Waals surface area contributed by atoms with Crippen LogP contribution in [-0.4, -0.2) is 19.7 Å². The fraction of sp³-hybridized carbons (Fsp3) is 0.0455. The number of furan rings is 1. The molecular weight excluding hydrogens is 355 g/mol. The van der Waals surface area contributed by atoms with Crippen molar-refractivity contribution >= 4 is 11.1 Å². The first-order valence-electron chi connectivity index (χ1n) is 8.79. The van der Waals surface area contributed by atoms with Gasteiger partial charge < -0.3 is 4.42 Å². The Labute approximate surface area is 160 Å². The highest BCUT2D eigenvalue weighted by Gasteiger charge is 2.19. The van der Waals surface area contributed by atoms with Crippen LogP contribution >= 0.6 is 0 Å². The van der Waals surface area contributed by atoms with E-state index < -0.39 is 0 Å². The summed E-state index contributed by atoms with van der Waals surface area (Å²) in [6, 6.07) is 18.1. The van der Waals surface area contributed by atoms with E-state index in [-0.39, 0.29) is 5.82 Å². The first-order valence-corrected chi connectivity index (χ1v) is 8.79. The summed E-state index contributed by atoms with van der Waals surface area (Å²) in [6.45, 7) is 0. The summed E-state index contributed by atoms with van der Waals surface area (Å²) in [5, 5.41) is 5.37. The molecule has 5 rings (SSSR count). The van der Waals surface area contributed by atoms with E-state index in [0.717, 1.165) is 39.2 Å². The van der Waals surface area contributed by atoms with Crippen molar-refractivity contribution in [2.45, 2.75) is 0 Å². The molecule has 0 radical (unpaired) electrons. The van der Waals surface area contributed by atoms with E-state index in [1.807, 2.05) is 49.6 Å². The zero-order valence-corrected chi connectivity index (χ0v) is 15.0. The highest BCUT2D eigenvalue weighted by molar-refractivity contribution is 5.95. The van der Waals surface area contributed by atoms with Crippen LogP contribution in [0.2, 0.25) is 0 Å². The maximum Gasteiger partial charge on any atom is 0.230 e. The highest BCUT2D eigenvalue weighted by Crippen LogP contribution is 2.36. The molecule has 3 heterocycles. The molecule has 3 aromatic heterocycles. The number of hydrogen-bond donors (Lipinski definition) is 0. The minimum Gasteiger partial charge on any atom is -0.438 e. The fourth-order valence-electron chi connectivity index (χ4n) is 3.30. The number of aromatic nitrogens is 4. The molecule has 0 aliphatic carbocycles. The molecule has 0 aliphatic rings. The Morgan fingerprint density at radius 1 is 0.893 bits per heavy atom. The van der Waals surface area contributed by atoms with E-state index in [1.54, 1.807) is 16.8 Å². The fourth-order valence-corrected chi connectivity index (χ4v) is 3.30. The van der Waals surface area contributed by atoms with Gasteiger partial charge in [-0.1, -0.05) is 30.3 Å². The van der Waals surface area contributed by atoms with Gasteiger partial charge in [0.05, 0.1) is 11.1 Å². The molecule has 0 aliphatic heterocycles. The summed E-state index contributed by atoms with van der Waals surface area (Å²) in [5.41, 5.74) is 4.58. The molecule has 5 aromatic rings. The second-order valence-corrected chi connectivity index (χ2v) is 6.49. The third-order valence-electron chi connectivity index (χ3n) is 4.59. The summed E-state index contributed by atoms with van der Waals surface area (Å²) in [7, 11) is 1.85. The molecule has 0 saturated carbocycles. The summed E-state index contributed by atoms with van der Waals surface area (Å²) >= 11 is 0. The average molecular weight is 370 g/mol. The van der Waals surface area contributed by atoms with E-state index in [9.17, 15) is 4.39 Å². The molecule has 0 unspecified atom stereocenters. The lowest BCUT2D eigenvalue weighted by Crippen LogP contribution is -1.89. The van der Waals surface area contributed by atoms with Gasteiger partial charge in [-0.25, -0.2) is 14.4 Å². The number of aryl methyl sites for hydroxylation is 1. The molecule has 0 saturated heterocycles. The van der Waals surface area contributed by atoms with Gasteiger partial charge in [-0.15, -0.1) is 0 Å². The van der Waals surface area contributed by atoms with Crippen LogP contribution in [0.4, 0.5) is 4.39 Å². The quantitative estimate of drug-likeness (QED) is 0.443. The van der Waals surface area contributed by atoms with Crippen LogP contribution in [0.1, 0.15) is 0 Å². The van der Waals surface area contributed by atoms with Gasteiger partial charge in [0.15, 0.2) is 0 Å². The van der Waals surface area contributed by atoms with Crippen molar-refractivity contribution in [3.05, 3.63) is 79.0 Å². The van der Waals surface area contributed by atoms with Gasteiger partial charge in [-0.05, 0) is 30.3 Å². The number of halogens is 1. The highest BCUT2D eigenvalue weighted by atomic mass is 19.1. The predicted molar refractivity (Wildman–Crippen MR) is 105 cm³/mol. The van der Waals surface area contributed by atoms with E-state index >= 15 is 0 Å². The third-order valence-corrected chi connectivity index (χ3v) is 4.59. The Hall–Kier alpha value is -3.80.